The summed E-state index contributed by atoms with van der Waals surface area (Å²) in [6.07, 6.45) is 0.708. The molecular formula is C15H20N2O3. The van der Waals surface area contributed by atoms with Gasteiger partial charge in [0.2, 0.25) is 0 Å². The van der Waals surface area contributed by atoms with Crippen LogP contribution in [0.15, 0.2) is 18.2 Å². The molecule has 20 heavy (non-hydrogen) atoms. The number of nitrogens with zero attached hydrogens (tertiary/aromatic N) is 2. The minimum absolute atomic E-state index is 0.0430. The van der Waals surface area contributed by atoms with E-state index >= 15 is 0 Å². The van der Waals surface area contributed by atoms with Gasteiger partial charge in [-0.3, -0.25) is 0 Å². The van der Waals surface area contributed by atoms with Crippen LogP contribution in [-0.4, -0.2) is 32.3 Å². The van der Waals surface area contributed by atoms with Gasteiger partial charge in [-0.05, 0) is 37.0 Å². The average Bonchev–Trinajstić information content (AvgIpc) is 2.64. The number of carbonyl (C=O) groups is 1. The van der Waals surface area contributed by atoms with Gasteiger partial charge in [0.05, 0.1) is 16.6 Å². The SMILES string of the molecule is Cc1nc2cc(C(=O)O)ccc2n1CC(C)(C)CCO. The molecule has 0 unspecified atom stereocenters. The fraction of sp³-hybridized carbons (Fsp3) is 0.467. The zero-order chi connectivity index (χ0) is 14.9. The van der Waals surface area contributed by atoms with E-state index in [2.05, 4.69) is 23.4 Å². The highest BCUT2D eigenvalue weighted by Crippen LogP contribution is 2.26. The first-order chi connectivity index (χ1) is 9.34. The molecule has 2 rings (SSSR count). The summed E-state index contributed by atoms with van der Waals surface area (Å²) in [6.45, 7) is 7.00. The molecule has 2 aromatic rings. The van der Waals surface area contributed by atoms with Crippen molar-refractivity contribution in [2.75, 3.05) is 6.61 Å². The Kier molecular flexibility index (Phi) is 3.81. The Labute approximate surface area is 117 Å². The number of carboxylic acid groups (broad SMARTS) is 1. The third kappa shape index (κ3) is 2.82. The molecule has 0 fully saturated rings. The Morgan fingerprint density at radius 1 is 1.40 bits per heavy atom. The van der Waals surface area contributed by atoms with Crippen LogP contribution in [0.4, 0.5) is 0 Å². The first-order valence-electron chi connectivity index (χ1n) is 6.65. The fourth-order valence-electron chi connectivity index (χ4n) is 2.39. The molecule has 1 aromatic carbocycles. The van der Waals surface area contributed by atoms with E-state index in [4.69, 9.17) is 10.2 Å². The Morgan fingerprint density at radius 2 is 2.10 bits per heavy atom. The number of imidazole rings is 1. The highest BCUT2D eigenvalue weighted by Gasteiger charge is 2.21. The first-order valence-corrected chi connectivity index (χ1v) is 6.65. The molecule has 0 aliphatic rings. The molecule has 0 saturated carbocycles. The maximum Gasteiger partial charge on any atom is 0.335 e. The van der Waals surface area contributed by atoms with Crippen LogP contribution in [0.2, 0.25) is 0 Å². The molecule has 2 N–H and O–H groups in total. The summed E-state index contributed by atoms with van der Waals surface area (Å²) >= 11 is 0. The Morgan fingerprint density at radius 3 is 2.70 bits per heavy atom. The van der Waals surface area contributed by atoms with Crippen molar-refractivity contribution >= 4 is 17.0 Å². The summed E-state index contributed by atoms with van der Waals surface area (Å²) in [5.74, 6) is -0.0896. The van der Waals surface area contributed by atoms with Gasteiger partial charge in [-0.1, -0.05) is 13.8 Å². The van der Waals surface area contributed by atoms with Gasteiger partial charge in [0.15, 0.2) is 0 Å². The molecular weight excluding hydrogens is 256 g/mol. The maximum atomic E-state index is 11.0. The lowest BCUT2D eigenvalue weighted by molar-refractivity contribution is 0.0697. The normalized spacial score (nSPS) is 12.0. The summed E-state index contributed by atoms with van der Waals surface area (Å²) in [4.78, 5) is 15.4. The Bertz CT molecular complexity index is 644. The van der Waals surface area contributed by atoms with Crippen molar-refractivity contribution in [3.05, 3.63) is 29.6 Å². The molecule has 5 nitrogen and oxygen atoms in total. The smallest absolute Gasteiger partial charge is 0.335 e. The highest BCUT2D eigenvalue weighted by atomic mass is 16.4. The standard InChI is InChI=1S/C15H20N2O3/c1-10-16-12-8-11(14(19)20)4-5-13(12)17(10)9-15(2,3)6-7-18/h4-5,8,18H,6-7,9H2,1-3H3,(H,19,20). The van der Waals surface area contributed by atoms with Crippen LogP contribution < -0.4 is 0 Å². The molecule has 1 aromatic heterocycles. The first kappa shape index (κ1) is 14.5. The molecule has 0 radical (unpaired) electrons. The lowest BCUT2D eigenvalue weighted by atomic mass is 9.89. The van der Waals surface area contributed by atoms with Crippen molar-refractivity contribution < 1.29 is 15.0 Å². The lowest BCUT2D eigenvalue weighted by Gasteiger charge is -2.25. The summed E-state index contributed by atoms with van der Waals surface area (Å²) in [5.41, 5.74) is 1.83. The van der Waals surface area contributed by atoms with Crippen LogP contribution >= 0.6 is 0 Å². The van der Waals surface area contributed by atoms with E-state index in [9.17, 15) is 4.79 Å². The number of rotatable bonds is 5. The minimum Gasteiger partial charge on any atom is -0.478 e. The van der Waals surface area contributed by atoms with Crippen LogP contribution in [0.25, 0.3) is 11.0 Å². The van der Waals surface area contributed by atoms with Gasteiger partial charge >= 0.3 is 5.97 Å². The Hall–Kier alpha value is -1.88. The molecule has 1 heterocycles. The number of aromatic nitrogens is 2. The van der Waals surface area contributed by atoms with Crippen molar-refractivity contribution in [2.45, 2.75) is 33.7 Å². The van der Waals surface area contributed by atoms with Crippen molar-refractivity contribution in [2.24, 2.45) is 5.41 Å². The van der Waals surface area contributed by atoms with Gasteiger partial charge in [-0.15, -0.1) is 0 Å². The fourth-order valence-corrected chi connectivity index (χ4v) is 2.39. The van der Waals surface area contributed by atoms with E-state index in [1.54, 1.807) is 18.2 Å². The van der Waals surface area contributed by atoms with Gasteiger partial charge in [0.1, 0.15) is 5.82 Å². The van der Waals surface area contributed by atoms with E-state index in [1.165, 1.54) is 0 Å². The number of aryl methyl sites for hydroxylation is 1. The second-order valence-electron chi connectivity index (χ2n) is 5.89. The van der Waals surface area contributed by atoms with E-state index in [-0.39, 0.29) is 17.6 Å². The third-order valence-electron chi connectivity index (χ3n) is 3.56. The topological polar surface area (TPSA) is 75.3 Å². The predicted molar refractivity (Wildman–Crippen MR) is 76.9 cm³/mol. The van der Waals surface area contributed by atoms with Crippen molar-refractivity contribution in [1.82, 2.24) is 9.55 Å². The summed E-state index contributed by atoms with van der Waals surface area (Å²) in [6, 6.07) is 5.00. The number of fused-ring (bicyclic) bond motifs is 1. The van der Waals surface area contributed by atoms with Crippen molar-refractivity contribution in [1.29, 1.82) is 0 Å². The monoisotopic (exact) mass is 276 g/mol. The number of hydrogen-bond acceptors (Lipinski definition) is 3. The number of benzene rings is 1. The molecule has 0 aliphatic heterocycles. The summed E-state index contributed by atoms with van der Waals surface area (Å²) in [7, 11) is 0. The van der Waals surface area contributed by atoms with Gasteiger partial charge in [-0.2, -0.15) is 0 Å². The molecule has 5 heteroatoms. The molecule has 0 aliphatic carbocycles. The van der Waals surface area contributed by atoms with Gasteiger partial charge in [-0.25, -0.2) is 9.78 Å². The molecule has 108 valence electrons. The van der Waals surface area contributed by atoms with Crippen LogP contribution in [-0.2, 0) is 6.54 Å². The molecule has 0 atom stereocenters. The molecule has 0 bridgehead atoms. The average molecular weight is 276 g/mol. The van der Waals surface area contributed by atoms with Crippen LogP contribution in [0.3, 0.4) is 0 Å². The number of aliphatic hydroxyl groups excluding tert-OH is 1. The number of aromatic carboxylic acids is 1. The quantitative estimate of drug-likeness (QED) is 0.879. The van der Waals surface area contributed by atoms with Gasteiger partial charge < -0.3 is 14.8 Å². The molecule has 0 spiro atoms. The molecule has 0 saturated heterocycles. The van der Waals surface area contributed by atoms with Crippen LogP contribution in [0.1, 0.15) is 36.5 Å². The van der Waals surface area contributed by atoms with E-state index < -0.39 is 5.97 Å². The van der Waals surface area contributed by atoms with Crippen molar-refractivity contribution in [3.63, 3.8) is 0 Å². The maximum absolute atomic E-state index is 11.0. The number of carboxylic acids is 1. The number of hydrogen-bond donors (Lipinski definition) is 2. The zero-order valence-electron chi connectivity index (χ0n) is 12.1. The second-order valence-corrected chi connectivity index (χ2v) is 5.89. The number of aliphatic hydroxyl groups is 1. The van der Waals surface area contributed by atoms with Crippen molar-refractivity contribution in [3.8, 4) is 0 Å². The summed E-state index contributed by atoms with van der Waals surface area (Å²) < 4.78 is 2.08. The molecule has 0 amide bonds. The third-order valence-corrected chi connectivity index (χ3v) is 3.56. The lowest BCUT2D eigenvalue weighted by Crippen LogP contribution is -2.21. The predicted octanol–water partition coefficient (Wildman–Crippen LogP) is 2.45. The Balaban J connectivity index is 2.44. The van der Waals surface area contributed by atoms with E-state index in [1.807, 2.05) is 6.92 Å². The van der Waals surface area contributed by atoms with Gasteiger partial charge in [0.25, 0.3) is 0 Å². The zero-order valence-corrected chi connectivity index (χ0v) is 12.1. The minimum atomic E-state index is -0.945. The van der Waals surface area contributed by atoms with E-state index in [0.29, 0.717) is 11.9 Å². The highest BCUT2D eigenvalue weighted by molar-refractivity contribution is 5.92. The van der Waals surface area contributed by atoms with Gasteiger partial charge in [0, 0.05) is 13.2 Å². The van der Waals surface area contributed by atoms with Crippen LogP contribution in [0, 0.1) is 12.3 Å². The van der Waals surface area contributed by atoms with Crippen LogP contribution in [0.5, 0.6) is 0 Å². The van der Waals surface area contributed by atoms with E-state index in [0.717, 1.165) is 17.9 Å². The largest absolute Gasteiger partial charge is 0.478 e. The second kappa shape index (κ2) is 5.25. The summed E-state index contributed by atoms with van der Waals surface area (Å²) in [5, 5.41) is 18.1.